The Kier molecular flexibility index (Phi) is 4.19. The molecule has 1 aromatic carbocycles. The number of nitrogens with zero attached hydrogens (tertiary/aromatic N) is 1. The van der Waals surface area contributed by atoms with E-state index < -0.39 is 0 Å². The summed E-state index contributed by atoms with van der Waals surface area (Å²) in [5.74, 6) is 1.28. The van der Waals surface area contributed by atoms with E-state index in [1.165, 1.54) is 11.1 Å². The lowest BCUT2D eigenvalue weighted by Gasteiger charge is -2.11. The fourth-order valence-corrected chi connectivity index (χ4v) is 4.03. The standard InChI is InChI=1S/C19H16N2OS2/c20-19-10-18(22-6-3-13-4-7-23-11-13)16-2-1-14(9-17(16)21-19)15-5-8-24-12-15/h1-2,4-5,7-12H,3,6H2,(H2,20,21). The first kappa shape index (κ1) is 15.2. The summed E-state index contributed by atoms with van der Waals surface area (Å²) >= 11 is 3.39. The molecule has 0 saturated carbocycles. The van der Waals surface area contributed by atoms with Crippen molar-refractivity contribution < 1.29 is 4.74 Å². The summed E-state index contributed by atoms with van der Waals surface area (Å²) in [5, 5.41) is 9.43. The molecule has 4 aromatic rings. The van der Waals surface area contributed by atoms with Gasteiger partial charge in [-0.1, -0.05) is 6.07 Å². The van der Waals surface area contributed by atoms with Crippen molar-refractivity contribution in [1.29, 1.82) is 0 Å². The zero-order chi connectivity index (χ0) is 16.4. The van der Waals surface area contributed by atoms with Crippen LogP contribution in [0, 0.1) is 0 Å². The van der Waals surface area contributed by atoms with Crippen molar-refractivity contribution in [2.24, 2.45) is 0 Å². The summed E-state index contributed by atoms with van der Waals surface area (Å²) in [4.78, 5) is 4.47. The molecule has 120 valence electrons. The number of thiophene rings is 2. The van der Waals surface area contributed by atoms with Crippen molar-refractivity contribution in [1.82, 2.24) is 4.98 Å². The fourth-order valence-electron chi connectivity index (χ4n) is 2.66. The first-order chi connectivity index (χ1) is 11.8. The first-order valence-corrected chi connectivity index (χ1v) is 9.55. The monoisotopic (exact) mass is 352 g/mol. The van der Waals surface area contributed by atoms with Gasteiger partial charge in [-0.15, -0.1) is 0 Å². The highest BCUT2D eigenvalue weighted by Gasteiger charge is 2.08. The number of nitrogens with two attached hydrogens (primary N) is 1. The van der Waals surface area contributed by atoms with Gasteiger partial charge in [0.1, 0.15) is 11.6 Å². The molecule has 0 amide bonds. The van der Waals surface area contributed by atoms with Crippen LogP contribution in [0.5, 0.6) is 5.75 Å². The Labute approximate surface area is 148 Å². The van der Waals surface area contributed by atoms with Crippen LogP contribution >= 0.6 is 22.7 Å². The third-order valence-electron chi connectivity index (χ3n) is 3.87. The number of hydrogen-bond acceptors (Lipinski definition) is 5. The molecule has 3 aromatic heterocycles. The summed E-state index contributed by atoms with van der Waals surface area (Å²) < 4.78 is 5.99. The van der Waals surface area contributed by atoms with Crippen LogP contribution in [0.4, 0.5) is 5.82 Å². The topological polar surface area (TPSA) is 48.1 Å². The molecule has 0 saturated heterocycles. The van der Waals surface area contributed by atoms with E-state index in [0.29, 0.717) is 12.4 Å². The number of benzene rings is 1. The Bertz CT molecular complexity index is 947. The lowest BCUT2D eigenvalue weighted by atomic mass is 10.1. The Morgan fingerprint density at radius 1 is 0.958 bits per heavy atom. The van der Waals surface area contributed by atoms with Gasteiger partial charge in [0.25, 0.3) is 0 Å². The van der Waals surface area contributed by atoms with Crippen molar-refractivity contribution in [3.8, 4) is 16.9 Å². The molecule has 0 aliphatic heterocycles. The van der Waals surface area contributed by atoms with E-state index in [-0.39, 0.29) is 0 Å². The summed E-state index contributed by atoms with van der Waals surface area (Å²) in [5.41, 5.74) is 10.5. The SMILES string of the molecule is Nc1cc(OCCc2ccsc2)c2ccc(-c3ccsc3)cc2n1. The van der Waals surface area contributed by atoms with E-state index in [1.54, 1.807) is 28.7 Å². The molecule has 24 heavy (non-hydrogen) atoms. The van der Waals surface area contributed by atoms with Gasteiger partial charge in [-0.2, -0.15) is 22.7 Å². The van der Waals surface area contributed by atoms with Crippen molar-refractivity contribution >= 4 is 39.4 Å². The zero-order valence-corrected chi connectivity index (χ0v) is 14.6. The Morgan fingerprint density at radius 3 is 2.62 bits per heavy atom. The van der Waals surface area contributed by atoms with E-state index in [9.17, 15) is 0 Å². The number of anilines is 1. The highest BCUT2D eigenvalue weighted by molar-refractivity contribution is 7.08. The molecule has 0 radical (unpaired) electrons. The molecular formula is C19H16N2OS2. The van der Waals surface area contributed by atoms with E-state index in [1.807, 2.05) is 0 Å². The number of hydrogen-bond donors (Lipinski definition) is 1. The molecule has 0 unspecified atom stereocenters. The molecule has 0 aliphatic rings. The van der Waals surface area contributed by atoms with Crippen LogP contribution in [0.2, 0.25) is 0 Å². The maximum Gasteiger partial charge on any atom is 0.132 e. The second kappa shape index (κ2) is 6.63. The van der Waals surface area contributed by atoms with E-state index in [0.717, 1.165) is 28.6 Å². The number of aromatic nitrogens is 1. The lowest BCUT2D eigenvalue weighted by molar-refractivity contribution is 0.326. The number of nitrogen functional groups attached to an aromatic ring is 1. The van der Waals surface area contributed by atoms with Crippen LogP contribution in [0.3, 0.4) is 0 Å². The maximum absolute atomic E-state index is 5.99. The van der Waals surface area contributed by atoms with Gasteiger partial charge in [0, 0.05) is 17.9 Å². The Balaban J connectivity index is 1.62. The molecule has 4 rings (SSSR count). The van der Waals surface area contributed by atoms with Crippen LogP contribution < -0.4 is 10.5 Å². The third kappa shape index (κ3) is 3.13. The van der Waals surface area contributed by atoms with Gasteiger partial charge < -0.3 is 10.5 Å². The van der Waals surface area contributed by atoms with Crippen LogP contribution in [-0.2, 0) is 6.42 Å². The first-order valence-electron chi connectivity index (χ1n) is 7.66. The highest BCUT2D eigenvalue weighted by atomic mass is 32.1. The molecule has 0 bridgehead atoms. The average molecular weight is 352 g/mol. The predicted octanol–water partition coefficient (Wildman–Crippen LogP) is 5.23. The Morgan fingerprint density at radius 2 is 1.83 bits per heavy atom. The highest BCUT2D eigenvalue weighted by Crippen LogP contribution is 2.31. The molecule has 3 nitrogen and oxygen atoms in total. The second-order valence-corrected chi connectivity index (χ2v) is 7.08. The molecule has 0 fully saturated rings. The van der Waals surface area contributed by atoms with Crippen LogP contribution in [0.25, 0.3) is 22.0 Å². The average Bonchev–Trinajstić information content (AvgIpc) is 3.28. The number of pyridine rings is 1. The van der Waals surface area contributed by atoms with Crippen LogP contribution in [-0.4, -0.2) is 11.6 Å². The normalized spacial score (nSPS) is 11.0. The lowest BCUT2D eigenvalue weighted by Crippen LogP contribution is -2.02. The van der Waals surface area contributed by atoms with E-state index in [2.05, 4.69) is 56.8 Å². The van der Waals surface area contributed by atoms with Crippen molar-refractivity contribution in [3.05, 3.63) is 63.5 Å². The molecule has 0 spiro atoms. The van der Waals surface area contributed by atoms with E-state index in [4.69, 9.17) is 10.5 Å². The number of ether oxygens (including phenoxy) is 1. The summed E-state index contributed by atoms with van der Waals surface area (Å²) in [6.45, 7) is 0.627. The van der Waals surface area contributed by atoms with Crippen LogP contribution in [0.1, 0.15) is 5.56 Å². The molecule has 5 heteroatoms. The third-order valence-corrected chi connectivity index (χ3v) is 5.29. The molecule has 0 atom stereocenters. The fraction of sp³-hybridized carbons (Fsp3) is 0.105. The largest absolute Gasteiger partial charge is 0.492 e. The molecule has 0 aliphatic carbocycles. The van der Waals surface area contributed by atoms with Gasteiger partial charge in [-0.25, -0.2) is 4.98 Å². The van der Waals surface area contributed by atoms with Gasteiger partial charge in [0.15, 0.2) is 0 Å². The number of rotatable bonds is 5. The quantitative estimate of drug-likeness (QED) is 0.535. The van der Waals surface area contributed by atoms with Gasteiger partial charge in [0.2, 0.25) is 0 Å². The minimum absolute atomic E-state index is 0.482. The van der Waals surface area contributed by atoms with Crippen molar-refractivity contribution in [3.63, 3.8) is 0 Å². The maximum atomic E-state index is 5.99. The predicted molar refractivity (Wildman–Crippen MR) is 103 cm³/mol. The van der Waals surface area contributed by atoms with Gasteiger partial charge in [0.05, 0.1) is 12.1 Å². The number of fused-ring (bicyclic) bond motifs is 1. The molecule has 2 N–H and O–H groups in total. The zero-order valence-electron chi connectivity index (χ0n) is 12.9. The van der Waals surface area contributed by atoms with Gasteiger partial charge in [-0.3, -0.25) is 0 Å². The Hall–Kier alpha value is -2.37. The van der Waals surface area contributed by atoms with Gasteiger partial charge >= 0.3 is 0 Å². The molecular weight excluding hydrogens is 336 g/mol. The van der Waals surface area contributed by atoms with Gasteiger partial charge in [-0.05, 0) is 62.5 Å². The molecule has 3 heterocycles. The summed E-state index contributed by atoms with van der Waals surface area (Å²) in [6, 6.07) is 12.3. The minimum Gasteiger partial charge on any atom is -0.492 e. The van der Waals surface area contributed by atoms with Crippen molar-refractivity contribution in [2.45, 2.75) is 6.42 Å². The van der Waals surface area contributed by atoms with E-state index >= 15 is 0 Å². The smallest absolute Gasteiger partial charge is 0.132 e. The second-order valence-electron chi connectivity index (χ2n) is 5.52. The summed E-state index contributed by atoms with van der Waals surface area (Å²) in [7, 11) is 0. The van der Waals surface area contributed by atoms with Crippen molar-refractivity contribution in [2.75, 3.05) is 12.3 Å². The minimum atomic E-state index is 0.482. The summed E-state index contributed by atoms with van der Waals surface area (Å²) in [6.07, 6.45) is 0.889. The van der Waals surface area contributed by atoms with Crippen LogP contribution in [0.15, 0.2) is 57.9 Å².